The summed E-state index contributed by atoms with van der Waals surface area (Å²) in [6.45, 7) is 1.40. The van der Waals surface area contributed by atoms with Crippen molar-refractivity contribution < 1.29 is 23.2 Å². The van der Waals surface area contributed by atoms with Gasteiger partial charge in [0.25, 0.3) is 5.69 Å². The first kappa shape index (κ1) is 16.9. The Balaban J connectivity index is 2.99. The van der Waals surface area contributed by atoms with Crippen molar-refractivity contribution in [3.63, 3.8) is 0 Å². The number of aliphatic carboxylic acids is 1. The molecule has 0 fully saturated rings. The number of carbonyl (C=O) groups is 1. The van der Waals surface area contributed by atoms with Crippen LogP contribution in [0.25, 0.3) is 0 Å². The van der Waals surface area contributed by atoms with Crippen LogP contribution in [0.2, 0.25) is 0 Å². The van der Waals surface area contributed by atoms with Crippen molar-refractivity contribution >= 4 is 27.6 Å². The second kappa shape index (κ2) is 6.50. The van der Waals surface area contributed by atoms with Gasteiger partial charge in [-0.05, 0) is 18.6 Å². The number of nitrogens with one attached hydrogen (secondary N) is 1. The highest BCUT2D eigenvalue weighted by Gasteiger charge is 2.23. The number of nitro benzene ring substituents is 1. The molecule has 1 aromatic carbocycles. The van der Waals surface area contributed by atoms with E-state index >= 15 is 0 Å². The molecule has 0 radical (unpaired) electrons. The Labute approximate surface area is 121 Å². The van der Waals surface area contributed by atoms with Gasteiger partial charge in [-0.25, -0.2) is 0 Å². The van der Waals surface area contributed by atoms with Crippen molar-refractivity contribution in [2.24, 2.45) is 0 Å². The van der Waals surface area contributed by atoms with Crippen LogP contribution in [0.1, 0.15) is 12.0 Å². The van der Waals surface area contributed by atoms with E-state index in [-0.39, 0.29) is 24.3 Å². The molecule has 21 heavy (non-hydrogen) atoms. The third-order valence-electron chi connectivity index (χ3n) is 2.64. The van der Waals surface area contributed by atoms with E-state index in [1.165, 1.54) is 25.2 Å². The van der Waals surface area contributed by atoms with Crippen molar-refractivity contribution in [3.05, 3.63) is 33.9 Å². The molecule has 0 aliphatic carbocycles. The van der Waals surface area contributed by atoms with E-state index < -0.39 is 21.1 Å². The average molecular weight is 317 g/mol. The molecule has 2 N–H and O–H groups in total. The lowest BCUT2D eigenvalue weighted by Gasteiger charge is -2.17. The fraction of sp³-hybridized carbons (Fsp3) is 0.364. The summed E-state index contributed by atoms with van der Waals surface area (Å²) < 4.78 is 26.8. The Kier molecular flexibility index (Phi) is 5.22. The number of benzene rings is 1. The van der Waals surface area contributed by atoms with Crippen LogP contribution in [-0.2, 0) is 15.0 Å². The zero-order valence-corrected chi connectivity index (χ0v) is 12.3. The zero-order valence-electron chi connectivity index (χ0n) is 11.4. The molecule has 9 nitrogen and oxygen atoms in total. The van der Waals surface area contributed by atoms with E-state index in [0.717, 1.165) is 4.31 Å². The number of carboxylic acids is 1. The van der Waals surface area contributed by atoms with Crippen molar-refractivity contribution in [1.29, 1.82) is 0 Å². The molecule has 1 rings (SSSR count). The molecule has 10 heteroatoms. The summed E-state index contributed by atoms with van der Waals surface area (Å²) in [6.07, 6.45) is -0.368. The molecular weight excluding hydrogens is 302 g/mol. The van der Waals surface area contributed by atoms with Gasteiger partial charge in [0.1, 0.15) is 5.69 Å². The van der Waals surface area contributed by atoms with Crippen LogP contribution in [0, 0.1) is 17.0 Å². The first-order valence-corrected chi connectivity index (χ1v) is 7.28. The third-order valence-corrected chi connectivity index (χ3v) is 4.12. The number of aryl methyl sites for hydroxylation is 1. The third kappa shape index (κ3) is 4.68. The number of nitrogens with zero attached hydrogens (tertiary/aromatic N) is 2. The van der Waals surface area contributed by atoms with Gasteiger partial charge in [0, 0.05) is 19.7 Å². The van der Waals surface area contributed by atoms with Gasteiger partial charge in [-0.2, -0.15) is 12.7 Å². The van der Waals surface area contributed by atoms with Crippen molar-refractivity contribution in [2.75, 3.05) is 18.3 Å². The van der Waals surface area contributed by atoms with Gasteiger partial charge in [0.15, 0.2) is 0 Å². The summed E-state index contributed by atoms with van der Waals surface area (Å²) >= 11 is 0. The molecule has 0 heterocycles. The van der Waals surface area contributed by atoms with Gasteiger partial charge >= 0.3 is 16.2 Å². The van der Waals surface area contributed by atoms with Crippen LogP contribution in [0.3, 0.4) is 0 Å². The minimum absolute atomic E-state index is 0.173. The molecule has 0 unspecified atom stereocenters. The molecule has 0 saturated heterocycles. The number of anilines is 1. The minimum Gasteiger partial charge on any atom is -0.481 e. The van der Waals surface area contributed by atoms with Crippen LogP contribution in [-0.4, -0.2) is 42.3 Å². The highest BCUT2D eigenvalue weighted by Crippen LogP contribution is 2.26. The normalized spacial score (nSPS) is 11.4. The zero-order chi connectivity index (χ0) is 16.2. The Bertz CT molecular complexity index is 658. The molecular formula is C11H15N3O6S. The Morgan fingerprint density at radius 2 is 2.10 bits per heavy atom. The quantitative estimate of drug-likeness (QED) is 0.569. The van der Waals surface area contributed by atoms with Crippen LogP contribution >= 0.6 is 0 Å². The summed E-state index contributed by atoms with van der Waals surface area (Å²) in [4.78, 5) is 20.7. The highest BCUT2D eigenvalue weighted by molar-refractivity contribution is 7.90. The summed E-state index contributed by atoms with van der Waals surface area (Å²) in [7, 11) is -2.88. The van der Waals surface area contributed by atoms with E-state index in [2.05, 4.69) is 4.72 Å². The minimum atomic E-state index is -4.06. The second-order valence-corrected chi connectivity index (χ2v) is 6.13. The van der Waals surface area contributed by atoms with Crippen LogP contribution in [0.4, 0.5) is 11.4 Å². The van der Waals surface area contributed by atoms with Crippen molar-refractivity contribution in [1.82, 2.24) is 4.31 Å². The van der Waals surface area contributed by atoms with Gasteiger partial charge in [-0.1, -0.05) is 6.07 Å². The van der Waals surface area contributed by atoms with E-state index in [4.69, 9.17) is 5.11 Å². The van der Waals surface area contributed by atoms with Crippen LogP contribution in [0.15, 0.2) is 18.2 Å². The maximum Gasteiger partial charge on any atom is 0.304 e. The fourth-order valence-corrected chi connectivity index (χ4v) is 2.41. The van der Waals surface area contributed by atoms with Gasteiger partial charge < -0.3 is 5.11 Å². The lowest BCUT2D eigenvalue weighted by Crippen LogP contribution is -2.34. The summed E-state index contributed by atoms with van der Waals surface area (Å²) in [6, 6.07) is 4.06. The van der Waals surface area contributed by atoms with Gasteiger partial charge in [0.2, 0.25) is 0 Å². The van der Waals surface area contributed by atoms with Gasteiger partial charge in [0.05, 0.1) is 11.3 Å². The Hall–Kier alpha value is -2.20. The molecule has 0 bridgehead atoms. The SMILES string of the molecule is Cc1ccc(NS(=O)(=O)N(C)CCC(=O)O)c([N+](=O)[O-])c1. The standard InChI is InChI=1S/C11H15N3O6S/c1-8-3-4-9(10(7-8)14(17)18)12-21(19,20)13(2)6-5-11(15)16/h3-4,7,12H,5-6H2,1-2H3,(H,15,16). The second-order valence-electron chi connectivity index (χ2n) is 4.35. The van der Waals surface area contributed by atoms with E-state index in [0.29, 0.717) is 5.56 Å². The molecule has 0 aliphatic rings. The molecule has 0 saturated carbocycles. The molecule has 0 aliphatic heterocycles. The van der Waals surface area contributed by atoms with Gasteiger partial charge in [-0.15, -0.1) is 0 Å². The largest absolute Gasteiger partial charge is 0.481 e. The Morgan fingerprint density at radius 1 is 1.48 bits per heavy atom. The molecule has 0 aromatic heterocycles. The fourth-order valence-electron chi connectivity index (χ4n) is 1.47. The first-order chi connectivity index (χ1) is 9.63. The van der Waals surface area contributed by atoms with E-state index in [1.54, 1.807) is 6.92 Å². The van der Waals surface area contributed by atoms with E-state index in [9.17, 15) is 23.3 Å². The predicted molar refractivity (Wildman–Crippen MR) is 75.3 cm³/mol. The first-order valence-electron chi connectivity index (χ1n) is 5.84. The van der Waals surface area contributed by atoms with Crippen molar-refractivity contribution in [2.45, 2.75) is 13.3 Å². The van der Waals surface area contributed by atoms with E-state index in [1.807, 2.05) is 0 Å². The molecule has 0 amide bonds. The van der Waals surface area contributed by atoms with Gasteiger partial charge in [-0.3, -0.25) is 19.6 Å². The van der Waals surface area contributed by atoms with Crippen LogP contribution in [0.5, 0.6) is 0 Å². The number of hydrogen-bond donors (Lipinski definition) is 2. The smallest absolute Gasteiger partial charge is 0.304 e. The monoisotopic (exact) mass is 317 g/mol. The highest BCUT2D eigenvalue weighted by atomic mass is 32.2. The molecule has 1 aromatic rings. The Morgan fingerprint density at radius 3 is 2.62 bits per heavy atom. The number of carboxylic acid groups (broad SMARTS) is 1. The summed E-state index contributed by atoms with van der Waals surface area (Å²) in [5, 5.41) is 19.5. The van der Waals surface area contributed by atoms with Crippen molar-refractivity contribution in [3.8, 4) is 0 Å². The molecule has 116 valence electrons. The molecule has 0 spiro atoms. The number of hydrogen-bond acceptors (Lipinski definition) is 5. The molecule has 0 atom stereocenters. The van der Waals surface area contributed by atoms with Crippen LogP contribution < -0.4 is 4.72 Å². The summed E-state index contributed by atoms with van der Waals surface area (Å²) in [5.41, 5.74) is 0.0712. The summed E-state index contributed by atoms with van der Waals surface area (Å²) in [5.74, 6) is -1.14. The maximum absolute atomic E-state index is 12.0. The average Bonchev–Trinajstić information content (AvgIpc) is 2.37. The lowest BCUT2D eigenvalue weighted by atomic mass is 10.2. The predicted octanol–water partition coefficient (Wildman–Crippen LogP) is 0.966. The maximum atomic E-state index is 12.0. The lowest BCUT2D eigenvalue weighted by molar-refractivity contribution is -0.383. The number of rotatable bonds is 7. The number of nitro groups is 1. The topological polar surface area (TPSA) is 130 Å².